The maximum absolute atomic E-state index is 4.67. The Balaban J connectivity index is 1.84. The molecule has 8 heteroatoms. The van der Waals surface area contributed by atoms with Crippen LogP contribution in [0.4, 0.5) is 0 Å². The molecule has 132 valence electrons. The molecule has 6 nitrogen and oxygen atoms in total. The number of hydrogen-bond acceptors (Lipinski definition) is 7. The third kappa shape index (κ3) is 2.79. The molecule has 0 amide bonds. The van der Waals surface area contributed by atoms with Crippen molar-refractivity contribution < 1.29 is 0 Å². The Labute approximate surface area is 159 Å². The fourth-order valence-electron chi connectivity index (χ4n) is 2.83. The van der Waals surface area contributed by atoms with Crippen molar-refractivity contribution in [2.75, 3.05) is 0 Å². The quantitative estimate of drug-likeness (QED) is 0.490. The van der Waals surface area contributed by atoms with Gasteiger partial charge in [-0.15, -0.1) is 16.4 Å². The largest absolute Gasteiger partial charge is 0.226 e. The van der Waals surface area contributed by atoms with E-state index in [9.17, 15) is 0 Å². The fraction of sp³-hybridized carbons (Fsp3) is 0.278. The van der Waals surface area contributed by atoms with Gasteiger partial charge in [-0.05, 0) is 79.6 Å². The minimum Gasteiger partial charge on any atom is -0.226 e. The molecule has 0 spiro atoms. The van der Waals surface area contributed by atoms with E-state index in [0.29, 0.717) is 5.16 Å². The predicted molar refractivity (Wildman–Crippen MR) is 104 cm³/mol. The maximum atomic E-state index is 4.67. The molecular formula is C18H18N6S2. The van der Waals surface area contributed by atoms with Crippen molar-refractivity contribution in [1.82, 2.24) is 30.2 Å². The zero-order chi connectivity index (χ0) is 18.4. The van der Waals surface area contributed by atoms with Gasteiger partial charge in [0, 0.05) is 10.3 Å². The average Bonchev–Trinajstić information content (AvgIpc) is 3.15. The number of aryl methyl sites for hydroxylation is 4. The van der Waals surface area contributed by atoms with Gasteiger partial charge >= 0.3 is 0 Å². The van der Waals surface area contributed by atoms with E-state index < -0.39 is 0 Å². The van der Waals surface area contributed by atoms with Crippen LogP contribution in [-0.2, 0) is 0 Å². The monoisotopic (exact) mass is 382 g/mol. The molecule has 0 N–H and O–H groups in total. The Morgan fingerprint density at radius 1 is 1.00 bits per heavy atom. The zero-order valence-corrected chi connectivity index (χ0v) is 16.9. The first-order valence-electron chi connectivity index (χ1n) is 8.23. The van der Waals surface area contributed by atoms with Crippen LogP contribution in [0.1, 0.15) is 27.4 Å². The summed E-state index contributed by atoms with van der Waals surface area (Å²) in [6, 6.07) is 6.14. The normalized spacial score (nSPS) is 11.4. The van der Waals surface area contributed by atoms with Gasteiger partial charge in [0.05, 0.1) is 5.69 Å². The van der Waals surface area contributed by atoms with Gasteiger partial charge in [0.25, 0.3) is 0 Å². The van der Waals surface area contributed by atoms with Gasteiger partial charge < -0.3 is 0 Å². The van der Waals surface area contributed by atoms with Crippen molar-refractivity contribution in [2.45, 2.75) is 44.8 Å². The van der Waals surface area contributed by atoms with Gasteiger partial charge in [0.1, 0.15) is 15.7 Å². The van der Waals surface area contributed by atoms with Crippen molar-refractivity contribution in [1.29, 1.82) is 0 Å². The Morgan fingerprint density at radius 3 is 2.62 bits per heavy atom. The lowest BCUT2D eigenvalue weighted by Gasteiger charge is -2.10. The van der Waals surface area contributed by atoms with Crippen molar-refractivity contribution in [3.8, 4) is 5.69 Å². The van der Waals surface area contributed by atoms with Crippen LogP contribution in [-0.4, -0.2) is 30.2 Å². The summed E-state index contributed by atoms with van der Waals surface area (Å²) in [6.45, 7) is 10.3. The molecule has 0 aliphatic rings. The summed E-state index contributed by atoms with van der Waals surface area (Å²) >= 11 is 3.19. The molecule has 4 aromatic rings. The van der Waals surface area contributed by atoms with E-state index in [-0.39, 0.29) is 0 Å². The molecule has 0 aliphatic heterocycles. The summed E-state index contributed by atoms with van der Waals surface area (Å²) in [7, 11) is 0. The van der Waals surface area contributed by atoms with Crippen LogP contribution in [0.25, 0.3) is 15.9 Å². The molecule has 0 saturated carbocycles. The van der Waals surface area contributed by atoms with Gasteiger partial charge in [0.2, 0.25) is 5.16 Å². The zero-order valence-electron chi connectivity index (χ0n) is 15.2. The molecule has 0 radical (unpaired) electrons. The maximum Gasteiger partial charge on any atom is 0.220 e. The van der Waals surface area contributed by atoms with Crippen molar-refractivity contribution >= 4 is 33.3 Å². The van der Waals surface area contributed by atoms with Crippen molar-refractivity contribution in [3.63, 3.8) is 0 Å². The molecular weight excluding hydrogens is 364 g/mol. The number of tetrazole rings is 1. The number of thiophene rings is 1. The minimum atomic E-state index is 0.696. The Bertz CT molecular complexity index is 1130. The minimum absolute atomic E-state index is 0.696. The Kier molecular flexibility index (Phi) is 4.24. The number of rotatable bonds is 3. The van der Waals surface area contributed by atoms with Crippen LogP contribution in [0.3, 0.4) is 0 Å². The second-order valence-corrected chi connectivity index (χ2v) is 8.39. The molecule has 0 unspecified atom stereocenters. The molecule has 0 atom stereocenters. The molecule has 0 bridgehead atoms. The molecule has 26 heavy (non-hydrogen) atoms. The summed E-state index contributed by atoms with van der Waals surface area (Å²) in [4.78, 5) is 11.5. The van der Waals surface area contributed by atoms with Crippen LogP contribution >= 0.6 is 23.1 Å². The number of nitrogens with zero attached hydrogens (tertiary/aromatic N) is 6. The van der Waals surface area contributed by atoms with Crippen molar-refractivity contribution in [3.05, 3.63) is 45.6 Å². The average molecular weight is 383 g/mol. The third-order valence-electron chi connectivity index (χ3n) is 4.54. The van der Waals surface area contributed by atoms with Gasteiger partial charge in [0.15, 0.2) is 0 Å². The van der Waals surface area contributed by atoms with E-state index in [1.165, 1.54) is 27.8 Å². The summed E-state index contributed by atoms with van der Waals surface area (Å²) in [5.41, 5.74) is 4.57. The van der Waals surface area contributed by atoms with E-state index >= 15 is 0 Å². The third-order valence-corrected chi connectivity index (χ3v) is 6.57. The highest BCUT2D eigenvalue weighted by molar-refractivity contribution is 7.99. The van der Waals surface area contributed by atoms with Gasteiger partial charge in [-0.25, -0.2) is 9.97 Å². The first-order chi connectivity index (χ1) is 12.5. The highest BCUT2D eigenvalue weighted by Crippen LogP contribution is 2.37. The van der Waals surface area contributed by atoms with Crippen LogP contribution in [0, 0.1) is 34.6 Å². The lowest BCUT2D eigenvalue weighted by molar-refractivity contribution is 0.750. The first kappa shape index (κ1) is 17.1. The van der Waals surface area contributed by atoms with E-state index in [1.54, 1.807) is 16.0 Å². The fourth-order valence-corrected chi connectivity index (χ4v) is 4.97. The van der Waals surface area contributed by atoms with E-state index in [4.69, 9.17) is 0 Å². The highest BCUT2D eigenvalue weighted by Gasteiger charge is 2.19. The molecule has 3 heterocycles. The van der Waals surface area contributed by atoms with Gasteiger partial charge in [-0.2, -0.15) is 4.68 Å². The molecule has 1 aromatic carbocycles. The molecule has 0 fully saturated rings. The summed E-state index contributed by atoms with van der Waals surface area (Å²) in [6.07, 6.45) is 0. The topological polar surface area (TPSA) is 69.4 Å². The summed E-state index contributed by atoms with van der Waals surface area (Å²) in [5, 5.41) is 15.0. The summed E-state index contributed by atoms with van der Waals surface area (Å²) < 4.78 is 1.78. The second-order valence-electron chi connectivity index (χ2n) is 6.23. The van der Waals surface area contributed by atoms with Crippen LogP contribution in [0.2, 0.25) is 0 Å². The van der Waals surface area contributed by atoms with Crippen LogP contribution in [0.15, 0.2) is 28.4 Å². The smallest absolute Gasteiger partial charge is 0.220 e. The second kappa shape index (κ2) is 6.44. The van der Waals surface area contributed by atoms with Gasteiger partial charge in [-0.1, -0.05) is 12.1 Å². The number of fused-ring (bicyclic) bond motifs is 1. The number of benzene rings is 1. The predicted octanol–water partition coefficient (Wildman–Crippen LogP) is 4.36. The lowest BCUT2D eigenvalue weighted by Crippen LogP contribution is -2.03. The Morgan fingerprint density at radius 2 is 1.81 bits per heavy atom. The summed E-state index contributed by atoms with van der Waals surface area (Å²) in [5.74, 6) is 0.756. The van der Waals surface area contributed by atoms with Crippen LogP contribution < -0.4 is 0 Å². The number of aromatic nitrogens is 6. The van der Waals surface area contributed by atoms with Crippen molar-refractivity contribution in [2.24, 2.45) is 0 Å². The highest BCUT2D eigenvalue weighted by atomic mass is 32.2. The molecule has 0 saturated heterocycles. The molecule has 0 aliphatic carbocycles. The lowest BCUT2D eigenvalue weighted by atomic mass is 10.1. The Hall–Kier alpha value is -2.32. The van der Waals surface area contributed by atoms with Crippen LogP contribution in [0.5, 0.6) is 0 Å². The standard InChI is InChI=1S/C18H18N6S2/c1-9-7-6-8-14(10(9)2)24-18(21-22-23-24)26-17-15-11(3)12(4)25-16(15)19-13(5)20-17/h6-8H,1-5H3. The van der Waals surface area contributed by atoms with E-state index in [2.05, 4.69) is 59.3 Å². The van der Waals surface area contributed by atoms with E-state index in [1.807, 2.05) is 19.1 Å². The van der Waals surface area contributed by atoms with E-state index in [0.717, 1.165) is 32.3 Å². The SMILES string of the molecule is Cc1nc(Sc2nnnn2-c2cccc(C)c2C)c2c(C)c(C)sc2n1. The van der Waals surface area contributed by atoms with Gasteiger partial charge in [-0.3, -0.25) is 0 Å². The first-order valence-corrected chi connectivity index (χ1v) is 9.86. The molecule has 4 rings (SSSR count). The number of hydrogen-bond donors (Lipinski definition) is 0. The molecule has 3 aromatic heterocycles.